The maximum atomic E-state index is 6.46. The van der Waals surface area contributed by atoms with Gasteiger partial charge in [-0.2, -0.15) is 0 Å². The molecule has 0 radical (unpaired) electrons. The third-order valence-electron chi connectivity index (χ3n) is 7.91. The van der Waals surface area contributed by atoms with Crippen molar-refractivity contribution in [3.05, 3.63) is 114 Å². The predicted molar refractivity (Wildman–Crippen MR) is 146 cm³/mol. The van der Waals surface area contributed by atoms with Gasteiger partial charge >= 0.3 is 0 Å². The maximum Gasteiger partial charge on any atom is 0.134 e. The average Bonchev–Trinajstić information content (AvgIpc) is 3.50. The molecule has 2 aromatic heterocycles. The lowest BCUT2D eigenvalue weighted by Gasteiger charge is -2.19. The van der Waals surface area contributed by atoms with E-state index in [1.54, 1.807) is 0 Å². The Hall–Kier alpha value is -4.30. The zero-order valence-electron chi connectivity index (χ0n) is 19.7. The normalized spacial score (nSPS) is 14.2. The summed E-state index contributed by atoms with van der Waals surface area (Å²) in [5, 5.41) is 6.27. The molecule has 0 N–H and O–H groups in total. The van der Waals surface area contributed by atoms with Gasteiger partial charge in [0.1, 0.15) is 11.3 Å². The van der Waals surface area contributed by atoms with Crippen LogP contribution in [0.3, 0.4) is 0 Å². The van der Waals surface area contributed by atoms with Gasteiger partial charge < -0.3 is 8.98 Å². The molecule has 0 saturated heterocycles. The highest BCUT2D eigenvalue weighted by Crippen LogP contribution is 2.54. The molecule has 0 saturated carbocycles. The van der Waals surface area contributed by atoms with Gasteiger partial charge in [0.25, 0.3) is 0 Å². The molecule has 2 nitrogen and oxygen atoms in total. The van der Waals surface area contributed by atoms with E-state index in [9.17, 15) is 0 Å². The number of aromatic nitrogens is 1. The summed E-state index contributed by atoms with van der Waals surface area (Å²) in [4.78, 5) is 0. The highest BCUT2D eigenvalue weighted by atomic mass is 16.3. The monoisotopic (exact) mass is 449 g/mol. The van der Waals surface area contributed by atoms with E-state index in [4.69, 9.17) is 4.42 Å². The molecule has 2 heterocycles. The first kappa shape index (κ1) is 19.1. The van der Waals surface area contributed by atoms with E-state index < -0.39 is 0 Å². The molecule has 0 unspecified atom stereocenters. The second kappa shape index (κ2) is 6.43. The van der Waals surface area contributed by atoms with E-state index in [-0.39, 0.29) is 5.41 Å². The van der Waals surface area contributed by atoms with Crippen LogP contribution >= 0.6 is 0 Å². The van der Waals surface area contributed by atoms with Crippen molar-refractivity contribution in [1.82, 2.24) is 4.57 Å². The van der Waals surface area contributed by atoms with Gasteiger partial charge in [-0.3, -0.25) is 0 Å². The van der Waals surface area contributed by atoms with Crippen LogP contribution in [0.5, 0.6) is 0 Å². The summed E-state index contributed by atoms with van der Waals surface area (Å²) in [7, 11) is 0. The van der Waals surface area contributed by atoms with Crippen LogP contribution in [0.4, 0.5) is 0 Å². The van der Waals surface area contributed by atoms with Gasteiger partial charge in [-0.1, -0.05) is 66.7 Å². The molecule has 0 amide bonds. The maximum absolute atomic E-state index is 6.46. The Labute approximate surface area is 203 Å². The zero-order chi connectivity index (χ0) is 23.3. The summed E-state index contributed by atoms with van der Waals surface area (Å²) < 4.78 is 8.88. The van der Waals surface area contributed by atoms with Crippen molar-refractivity contribution in [3.63, 3.8) is 0 Å². The van der Waals surface area contributed by atoms with Crippen LogP contribution in [0, 0.1) is 0 Å². The van der Waals surface area contributed by atoms with Crippen LogP contribution in [0.2, 0.25) is 0 Å². The van der Waals surface area contributed by atoms with E-state index in [0.717, 1.165) is 11.3 Å². The Morgan fingerprint density at radius 1 is 0.629 bits per heavy atom. The van der Waals surface area contributed by atoms with E-state index >= 15 is 0 Å². The van der Waals surface area contributed by atoms with Crippen molar-refractivity contribution in [2.24, 2.45) is 0 Å². The number of nitrogens with zero attached hydrogens (tertiary/aromatic N) is 1. The van der Waals surface area contributed by atoms with Crippen molar-refractivity contribution in [2.45, 2.75) is 19.3 Å². The molecule has 1 aliphatic rings. The number of rotatable bonds is 1. The Morgan fingerprint density at radius 2 is 1.37 bits per heavy atom. The fourth-order valence-electron chi connectivity index (χ4n) is 6.21. The molecule has 166 valence electrons. The average molecular weight is 450 g/mol. The summed E-state index contributed by atoms with van der Waals surface area (Å²) in [6.45, 7) is 4.57. The lowest BCUT2D eigenvalue weighted by atomic mass is 9.85. The number of hydrogen-bond donors (Lipinski definition) is 0. The summed E-state index contributed by atoms with van der Waals surface area (Å²) in [6, 6.07) is 37.3. The van der Waals surface area contributed by atoms with Crippen LogP contribution in [0.15, 0.2) is 108 Å². The topological polar surface area (TPSA) is 18.1 Å². The molecule has 35 heavy (non-hydrogen) atoms. The van der Waals surface area contributed by atoms with Gasteiger partial charge in [0.15, 0.2) is 0 Å². The van der Waals surface area contributed by atoms with Crippen molar-refractivity contribution >= 4 is 43.5 Å². The molecular weight excluding hydrogens is 426 g/mol. The van der Waals surface area contributed by atoms with E-state index in [0.29, 0.717) is 0 Å². The first-order chi connectivity index (χ1) is 17.1. The van der Waals surface area contributed by atoms with E-state index in [2.05, 4.69) is 122 Å². The van der Waals surface area contributed by atoms with Crippen molar-refractivity contribution in [1.29, 1.82) is 0 Å². The molecule has 1 aliphatic carbocycles. The SMILES string of the molecule is CC1(C)c2cc3c(cc2-c2c1oc1ccccc21)c1ccccc1n3-c1ccc2ccccc2c1. The molecule has 0 bridgehead atoms. The minimum absolute atomic E-state index is 0.206. The van der Waals surface area contributed by atoms with Crippen molar-refractivity contribution in [3.8, 4) is 16.8 Å². The van der Waals surface area contributed by atoms with Crippen LogP contribution in [0.25, 0.3) is 60.4 Å². The molecule has 0 aliphatic heterocycles. The Kier molecular flexibility index (Phi) is 3.50. The molecule has 0 spiro atoms. The van der Waals surface area contributed by atoms with Crippen LogP contribution in [-0.2, 0) is 5.41 Å². The zero-order valence-corrected chi connectivity index (χ0v) is 19.7. The number of para-hydroxylation sites is 2. The molecule has 8 rings (SSSR count). The number of furan rings is 1. The minimum atomic E-state index is -0.206. The summed E-state index contributed by atoms with van der Waals surface area (Å²) >= 11 is 0. The summed E-state index contributed by atoms with van der Waals surface area (Å²) in [5.74, 6) is 1.07. The quantitative estimate of drug-likeness (QED) is 0.244. The third-order valence-corrected chi connectivity index (χ3v) is 7.91. The smallest absolute Gasteiger partial charge is 0.134 e. The number of benzene rings is 5. The predicted octanol–water partition coefficient (Wildman–Crippen LogP) is 8.99. The molecule has 0 fully saturated rings. The first-order valence-corrected chi connectivity index (χ1v) is 12.2. The lowest BCUT2D eigenvalue weighted by molar-refractivity contribution is 0.465. The van der Waals surface area contributed by atoms with Gasteiger partial charge in [0.05, 0.1) is 11.0 Å². The molecule has 7 aromatic rings. The summed E-state index contributed by atoms with van der Waals surface area (Å²) in [5.41, 5.74) is 8.30. The van der Waals surface area contributed by atoms with Gasteiger partial charge in [-0.15, -0.1) is 0 Å². The fourth-order valence-corrected chi connectivity index (χ4v) is 6.21. The van der Waals surface area contributed by atoms with E-state index in [1.807, 2.05) is 0 Å². The largest absolute Gasteiger partial charge is 0.459 e. The third kappa shape index (κ3) is 2.39. The van der Waals surface area contributed by atoms with E-state index in [1.165, 1.54) is 60.3 Å². The number of fused-ring (bicyclic) bond motifs is 9. The molecular formula is C33H23NO. The molecule has 2 heteroatoms. The fraction of sp³-hybridized carbons (Fsp3) is 0.0909. The highest BCUT2D eigenvalue weighted by Gasteiger charge is 2.41. The Balaban J connectivity index is 1.50. The molecule has 0 atom stereocenters. The summed E-state index contributed by atoms with van der Waals surface area (Å²) in [6.07, 6.45) is 0. The number of hydrogen-bond acceptors (Lipinski definition) is 1. The lowest BCUT2D eigenvalue weighted by Crippen LogP contribution is -2.14. The van der Waals surface area contributed by atoms with Gasteiger partial charge in [0.2, 0.25) is 0 Å². The van der Waals surface area contributed by atoms with Gasteiger partial charge in [-0.05, 0) is 72.1 Å². The Morgan fingerprint density at radius 3 is 2.26 bits per heavy atom. The van der Waals surface area contributed by atoms with Crippen LogP contribution in [0.1, 0.15) is 25.2 Å². The van der Waals surface area contributed by atoms with Crippen LogP contribution in [-0.4, -0.2) is 4.57 Å². The minimum Gasteiger partial charge on any atom is -0.459 e. The second-order valence-corrected chi connectivity index (χ2v) is 10.2. The van der Waals surface area contributed by atoms with Crippen molar-refractivity contribution < 1.29 is 4.42 Å². The standard InChI is InChI=1S/C33H23NO/c1-33(2)27-19-29-25(18-26(27)31-24-12-6-8-14-30(24)35-32(31)33)23-11-5-7-13-28(23)34(29)22-16-15-20-9-3-4-10-21(20)17-22/h3-19H,1-2H3. The van der Waals surface area contributed by atoms with Crippen molar-refractivity contribution in [2.75, 3.05) is 0 Å². The molecule has 5 aromatic carbocycles. The van der Waals surface area contributed by atoms with Crippen LogP contribution < -0.4 is 0 Å². The first-order valence-electron chi connectivity index (χ1n) is 12.2. The second-order valence-electron chi connectivity index (χ2n) is 10.2. The highest BCUT2D eigenvalue weighted by molar-refractivity contribution is 6.13. The van der Waals surface area contributed by atoms with Gasteiger partial charge in [0, 0.05) is 32.8 Å². The van der Waals surface area contributed by atoms with Gasteiger partial charge in [-0.25, -0.2) is 0 Å². The Bertz CT molecular complexity index is 1980.